The van der Waals surface area contributed by atoms with E-state index >= 15 is 0 Å². The molecule has 0 bridgehead atoms. The van der Waals surface area contributed by atoms with Gasteiger partial charge < -0.3 is 9.64 Å². The van der Waals surface area contributed by atoms with Gasteiger partial charge in [-0.15, -0.1) is 0 Å². The first-order valence-electron chi connectivity index (χ1n) is 6.04. The molecule has 0 amide bonds. The topological polar surface area (TPSA) is 12.5 Å². The van der Waals surface area contributed by atoms with Gasteiger partial charge in [-0.3, -0.25) is 0 Å². The summed E-state index contributed by atoms with van der Waals surface area (Å²) in [6.45, 7) is 13.1. The molecule has 0 heterocycles. The Morgan fingerprint density at radius 1 is 1.07 bits per heavy atom. The molecule has 0 aromatic rings. The van der Waals surface area contributed by atoms with E-state index in [1.807, 2.05) is 0 Å². The summed E-state index contributed by atoms with van der Waals surface area (Å²) in [5, 5.41) is 0. The predicted molar refractivity (Wildman–Crippen MR) is 62.7 cm³/mol. The highest BCUT2D eigenvalue weighted by Gasteiger charge is 2.05. The molecule has 14 heavy (non-hydrogen) atoms. The molecule has 0 saturated heterocycles. The Bertz CT molecular complexity index is 115. The smallest absolute Gasteiger partial charge is 0.0478 e. The van der Waals surface area contributed by atoms with Gasteiger partial charge in [-0.25, -0.2) is 0 Å². The van der Waals surface area contributed by atoms with E-state index in [1.54, 1.807) is 0 Å². The fourth-order valence-electron chi connectivity index (χ4n) is 1.50. The Morgan fingerprint density at radius 3 is 2.21 bits per heavy atom. The van der Waals surface area contributed by atoms with Crippen molar-refractivity contribution in [3.05, 3.63) is 0 Å². The number of ether oxygens (including phenoxy) is 1. The van der Waals surface area contributed by atoms with Crippen LogP contribution in [-0.4, -0.2) is 37.2 Å². The van der Waals surface area contributed by atoms with Crippen molar-refractivity contribution < 1.29 is 4.74 Å². The third kappa shape index (κ3) is 7.34. The number of rotatable bonds is 9. The SMILES string of the molecule is CCCCOCCCN(CC)C(C)C. The van der Waals surface area contributed by atoms with E-state index in [2.05, 4.69) is 32.6 Å². The molecule has 0 atom stereocenters. The zero-order valence-electron chi connectivity index (χ0n) is 10.4. The second-order valence-corrected chi connectivity index (χ2v) is 4.04. The van der Waals surface area contributed by atoms with Gasteiger partial charge >= 0.3 is 0 Å². The van der Waals surface area contributed by atoms with Gasteiger partial charge in [-0.2, -0.15) is 0 Å². The molecule has 0 radical (unpaired) electrons. The number of unbranched alkanes of at least 4 members (excludes halogenated alkanes) is 1. The van der Waals surface area contributed by atoms with Gasteiger partial charge in [-0.1, -0.05) is 20.3 Å². The van der Waals surface area contributed by atoms with Crippen LogP contribution in [0.5, 0.6) is 0 Å². The molecule has 0 aromatic heterocycles. The minimum atomic E-state index is 0.663. The average Bonchev–Trinajstić information content (AvgIpc) is 2.16. The average molecular weight is 201 g/mol. The van der Waals surface area contributed by atoms with Crippen LogP contribution in [0.2, 0.25) is 0 Å². The Kier molecular flexibility index (Phi) is 9.42. The number of hydrogen-bond donors (Lipinski definition) is 0. The maximum absolute atomic E-state index is 5.52. The fourth-order valence-corrected chi connectivity index (χ4v) is 1.50. The van der Waals surface area contributed by atoms with Crippen molar-refractivity contribution in [2.75, 3.05) is 26.3 Å². The van der Waals surface area contributed by atoms with Crippen LogP contribution in [0.25, 0.3) is 0 Å². The first-order chi connectivity index (χ1) is 6.72. The van der Waals surface area contributed by atoms with Crippen LogP contribution in [0, 0.1) is 0 Å². The van der Waals surface area contributed by atoms with E-state index in [0.29, 0.717) is 6.04 Å². The third-order valence-electron chi connectivity index (χ3n) is 2.51. The monoisotopic (exact) mass is 201 g/mol. The Labute approximate surface area is 89.6 Å². The lowest BCUT2D eigenvalue weighted by atomic mass is 10.3. The molecule has 0 N–H and O–H groups in total. The van der Waals surface area contributed by atoms with E-state index in [4.69, 9.17) is 4.74 Å². The standard InChI is InChI=1S/C12H27NO/c1-5-7-10-14-11-8-9-13(6-2)12(3)4/h12H,5-11H2,1-4H3. The van der Waals surface area contributed by atoms with Crippen LogP contribution in [-0.2, 0) is 4.74 Å². The van der Waals surface area contributed by atoms with Crippen LogP contribution >= 0.6 is 0 Å². The van der Waals surface area contributed by atoms with Crippen LogP contribution in [0.4, 0.5) is 0 Å². The summed E-state index contributed by atoms with van der Waals surface area (Å²) in [7, 11) is 0. The lowest BCUT2D eigenvalue weighted by molar-refractivity contribution is 0.114. The van der Waals surface area contributed by atoms with Crippen molar-refractivity contribution in [1.29, 1.82) is 0 Å². The molecule has 2 nitrogen and oxygen atoms in total. The highest BCUT2D eigenvalue weighted by Crippen LogP contribution is 1.99. The van der Waals surface area contributed by atoms with Crippen molar-refractivity contribution in [2.24, 2.45) is 0 Å². The molecule has 0 rings (SSSR count). The van der Waals surface area contributed by atoms with Gasteiger partial charge in [0.15, 0.2) is 0 Å². The van der Waals surface area contributed by atoms with Gasteiger partial charge in [0.05, 0.1) is 0 Å². The quantitative estimate of drug-likeness (QED) is 0.532. The van der Waals surface area contributed by atoms with Crippen molar-refractivity contribution in [3.8, 4) is 0 Å². The van der Waals surface area contributed by atoms with Crippen LogP contribution < -0.4 is 0 Å². The molecule has 0 spiro atoms. The highest BCUT2D eigenvalue weighted by molar-refractivity contribution is 4.59. The zero-order valence-corrected chi connectivity index (χ0v) is 10.4. The number of hydrogen-bond acceptors (Lipinski definition) is 2. The number of nitrogens with zero attached hydrogens (tertiary/aromatic N) is 1. The summed E-state index contributed by atoms with van der Waals surface area (Å²) in [6.07, 6.45) is 3.59. The lowest BCUT2D eigenvalue weighted by Crippen LogP contribution is -2.32. The Hall–Kier alpha value is -0.0800. The molecule has 0 unspecified atom stereocenters. The molecule has 0 aromatic carbocycles. The van der Waals surface area contributed by atoms with Gasteiger partial charge in [0, 0.05) is 25.8 Å². The van der Waals surface area contributed by atoms with Crippen molar-refractivity contribution in [1.82, 2.24) is 4.90 Å². The molecule has 0 fully saturated rings. The zero-order chi connectivity index (χ0) is 10.8. The lowest BCUT2D eigenvalue weighted by Gasteiger charge is -2.24. The first kappa shape index (κ1) is 13.9. The molecule has 0 aliphatic carbocycles. The Balaban J connectivity index is 3.25. The molecular weight excluding hydrogens is 174 g/mol. The summed E-state index contributed by atoms with van der Waals surface area (Å²) < 4.78 is 5.52. The summed E-state index contributed by atoms with van der Waals surface area (Å²) in [6, 6.07) is 0.663. The summed E-state index contributed by atoms with van der Waals surface area (Å²) in [5.74, 6) is 0. The normalized spacial score (nSPS) is 11.6. The van der Waals surface area contributed by atoms with Crippen LogP contribution in [0.3, 0.4) is 0 Å². The maximum atomic E-state index is 5.52. The van der Waals surface area contributed by atoms with E-state index in [0.717, 1.165) is 26.2 Å². The third-order valence-corrected chi connectivity index (χ3v) is 2.51. The van der Waals surface area contributed by atoms with Crippen molar-refractivity contribution in [3.63, 3.8) is 0 Å². The van der Waals surface area contributed by atoms with Gasteiger partial charge in [0.2, 0.25) is 0 Å². The fraction of sp³-hybridized carbons (Fsp3) is 1.00. The van der Waals surface area contributed by atoms with E-state index in [-0.39, 0.29) is 0 Å². The van der Waals surface area contributed by atoms with E-state index in [1.165, 1.54) is 19.4 Å². The summed E-state index contributed by atoms with van der Waals surface area (Å²) >= 11 is 0. The first-order valence-corrected chi connectivity index (χ1v) is 6.04. The van der Waals surface area contributed by atoms with Crippen LogP contribution in [0.1, 0.15) is 47.0 Å². The molecule has 0 aliphatic rings. The van der Waals surface area contributed by atoms with Crippen molar-refractivity contribution in [2.45, 2.75) is 53.0 Å². The minimum absolute atomic E-state index is 0.663. The maximum Gasteiger partial charge on any atom is 0.0478 e. The molecular formula is C12H27NO. The van der Waals surface area contributed by atoms with Gasteiger partial charge in [0.25, 0.3) is 0 Å². The summed E-state index contributed by atoms with van der Waals surface area (Å²) in [4.78, 5) is 2.48. The molecule has 86 valence electrons. The van der Waals surface area contributed by atoms with Crippen LogP contribution in [0.15, 0.2) is 0 Å². The Morgan fingerprint density at radius 2 is 1.71 bits per heavy atom. The van der Waals surface area contributed by atoms with Crippen molar-refractivity contribution >= 4 is 0 Å². The van der Waals surface area contributed by atoms with E-state index in [9.17, 15) is 0 Å². The predicted octanol–water partition coefficient (Wildman–Crippen LogP) is 2.92. The second kappa shape index (κ2) is 9.47. The molecule has 0 aliphatic heterocycles. The molecule has 0 saturated carbocycles. The van der Waals surface area contributed by atoms with E-state index < -0.39 is 0 Å². The second-order valence-electron chi connectivity index (χ2n) is 4.04. The minimum Gasteiger partial charge on any atom is -0.381 e. The largest absolute Gasteiger partial charge is 0.381 e. The summed E-state index contributed by atoms with van der Waals surface area (Å²) in [5.41, 5.74) is 0. The molecule has 2 heteroatoms. The highest BCUT2D eigenvalue weighted by atomic mass is 16.5. The van der Waals surface area contributed by atoms with Gasteiger partial charge in [-0.05, 0) is 33.2 Å². The van der Waals surface area contributed by atoms with Gasteiger partial charge in [0.1, 0.15) is 0 Å².